The van der Waals surface area contributed by atoms with Gasteiger partial charge < -0.3 is 5.32 Å². The maximum Gasteiger partial charge on any atom is 0.0167 e. The molecule has 0 saturated heterocycles. The summed E-state index contributed by atoms with van der Waals surface area (Å²) in [6, 6.07) is 9.01. The molecule has 1 nitrogen and oxygen atoms in total. The Balaban J connectivity index is 2.62. The number of hydrogen-bond acceptors (Lipinski definition) is 1. The number of rotatable bonds is 8. The normalized spacial score (nSPS) is 12.2. The van der Waals surface area contributed by atoms with Crippen LogP contribution in [0.2, 0.25) is 0 Å². The Morgan fingerprint density at radius 2 is 1.84 bits per heavy atom. The van der Waals surface area contributed by atoms with Gasteiger partial charge in [0.2, 0.25) is 0 Å². The van der Waals surface area contributed by atoms with E-state index in [2.05, 4.69) is 63.4 Å². The van der Waals surface area contributed by atoms with E-state index in [1.165, 1.54) is 29.5 Å². The predicted molar refractivity (Wildman–Crippen MR) is 86.4 cm³/mol. The molecule has 0 aromatic heterocycles. The Hall–Kier alpha value is -1.08. The van der Waals surface area contributed by atoms with Gasteiger partial charge in [-0.15, -0.1) is 0 Å². The van der Waals surface area contributed by atoms with E-state index >= 15 is 0 Å². The van der Waals surface area contributed by atoms with Crippen molar-refractivity contribution in [1.82, 2.24) is 5.32 Å². The van der Waals surface area contributed by atoms with Gasteiger partial charge in [0.15, 0.2) is 0 Å². The molecule has 0 fully saturated rings. The highest BCUT2D eigenvalue weighted by Gasteiger charge is 1.99. The van der Waals surface area contributed by atoms with E-state index in [0.717, 1.165) is 25.4 Å². The predicted octanol–water partition coefficient (Wildman–Crippen LogP) is 4.68. The lowest BCUT2D eigenvalue weighted by molar-refractivity contribution is 0.647. The standard InChI is InChI=1S/C18H29N/c1-5-11-19-14-16(6-2)13-18-9-7-17(8-10-18)12-15(3)4/h7-10,13,15,19H,5-6,11-12,14H2,1-4H3. The third-order valence-electron chi connectivity index (χ3n) is 3.23. The van der Waals surface area contributed by atoms with E-state index in [9.17, 15) is 0 Å². The molecule has 0 aliphatic carbocycles. The molecule has 0 saturated carbocycles. The minimum absolute atomic E-state index is 0.728. The van der Waals surface area contributed by atoms with Crippen LogP contribution in [0, 0.1) is 5.92 Å². The molecule has 0 atom stereocenters. The first kappa shape index (κ1) is 16.0. The Kier molecular flexibility index (Phi) is 7.50. The summed E-state index contributed by atoms with van der Waals surface area (Å²) in [4.78, 5) is 0. The van der Waals surface area contributed by atoms with Gasteiger partial charge in [0.05, 0.1) is 0 Å². The zero-order valence-corrected chi connectivity index (χ0v) is 13.0. The molecule has 1 heteroatoms. The SMILES string of the molecule is CCCNCC(=Cc1ccc(CC(C)C)cc1)CC. The van der Waals surface area contributed by atoms with Crippen LogP contribution in [-0.2, 0) is 6.42 Å². The van der Waals surface area contributed by atoms with Gasteiger partial charge in [0.1, 0.15) is 0 Å². The largest absolute Gasteiger partial charge is 0.313 e. The Bertz CT molecular complexity index is 373. The maximum absolute atomic E-state index is 3.48. The molecule has 0 bridgehead atoms. The molecule has 0 heterocycles. The number of hydrogen-bond donors (Lipinski definition) is 1. The van der Waals surface area contributed by atoms with Crippen molar-refractivity contribution in [3.8, 4) is 0 Å². The van der Waals surface area contributed by atoms with Crippen LogP contribution in [0.5, 0.6) is 0 Å². The molecule has 0 amide bonds. The quantitative estimate of drug-likeness (QED) is 0.668. The first-order valence-corrected chi connectivity index (χ1v) is 7.64. The van der Waals surface area contributed by atoms with Crippen LogP contribution in [0.3, 0.4) is 0 Å². The average molecular weight is 259 g/mol. The molecule has 0 aliphatic heterocycles. The Morgan fingerprint density at radius 1 is 1.16 bits per heavy atom. The van der Waals surface area contributed by atoms with Crippen molar-refractivity contribution in [2.75, 3.05) is 13.1 Å². The van der Waals surface area contributed by atoms with Crippen molar-refractivity contribution in [2.45, 2.75) is 47.0 Å². The molecule has 1 rings (SSSR count). The Morgan fingerprint density at radius 3 is 2.37 bits per heavy atom. The highest BCUT2D eigenvalue weighted by Crippen LogP contribution is 2.13. The van der Waals surface area contributed by atoms with E-state index in [-0.39, 0.29) is 0 Å². The van der Waals surface area contributed by atoms with Crippen LogP contribution in [0.15, 0.2) is 29.8 Å². The van der Waals surface area contributed by atoms with Crippen molar-refractivity contribution in [3.63, 3.8) is 0 Å². The van der Waals surface area contributed by atoms with E-state index in [0.29, 0.717) is 0 Å². The molecule has 0 aliphatic rings. The first-order valence-electron chi connectivity index (χ1n) is 7.64. The minimum atomic E-state index is 0.728. The lowest BCUT2D eigenvalue weighted by Gasteiger charge is -2.08. The second kappa shape index (κ2) is 8.92. The fraction of sp³-hybridized carbons (Fsp3) is 0.556. The zero-order valence-electron chi connectivity index (χ0n) is 13.0. The molecule has 1 aromatic carbocycles. The summed E-state index contributed by atoms with van der Waals surface area (Å²) in [6.45, 7) is 11.1. The van der Waals surface area contributed by atoms with Crippen molar-refractivity contribution in [2.24, 2.45) is 5.92 Å². The van der Waals surface area contributed by atoms with Crippen molar-refractivity contribution in [1.29, 1.82) is 0 Å². The molecule has 1 aromatic rings. The molecule has 0 radical (unpaired) electrons. The van der Waals surface area contributed by atoms with Crippen LogP contribution in [0.4, 0.5) is 0 Å². The van der Waals surface area contributed by atoms with Gasteiger partial charge in [-0.2, -0.15) is 0 Å². The molecule has 0 spiro atoms. The summed E-state index contributed by atoms with van der Waals surface area (Å²) < 4.78 is 0. The highest BCUT2D eigenvalue weighted by atomic mass is 14.8. The van der Waals surface area contributed by atoms with E-state index in [4.69, 9.17) is 0 Å². The summed E-state index contributed by atoms with van der Waals surface area (Å²) in [5, 5.41) is 3.48. The van der Waals surface area contributed by atoms with Gasteiger partial charge in [-0.1, -0.05) is 63.6 Å². The molecular formula is C18H29N. The second-order valence-corrected chi connectivity index (χ2v) is 5.67. The Labute approximate surface area is 119 Å². The molecular weight excluding hydrogens is 230 g/mol. The maximum atomic E-state index is 3.48. The van der Waals surface area contributed by atoms with Crippen molar-refractivity contribution >= 4 is 6.08 Å². The van der Waals surface area contributed by atoms with Crippen molar-refractivity contribution in [3.05, 3.63) is 41.0 Å². The van der Waals surface area contributed by atoms with Crippen LogP contribution in [0.25, 0.3) is 6.08 Å². The van der Waals surface area contributed by atoms with Crippen LogP contribution in [-0.4, -0.2) is 13.1 Å². The number of nitrogens with one attached hydrogen (secondary N) is 1. The van der Waals surface area contributed by atoms with E-state index in [1.807, 2.05) is 0 Å². The highest BCUT2D eigenvalue weighted by molar-refractivity contribution is 5.53. The zero-order chi connectivity index (χ0) is 14.1. The fourth-order valence-corrected chi connectivity index (χ4v) is 2.16. The summed E-state index contributed by atoms with van der Waals surface area (Å²) in [5.41, 5.74) is 4.24. The topological polar surface area (TPSA) is 12.0 Å². The lowest BCUT2D eigenvalue weighted by atomic mass is 10.0. The van der Waals surface area contributed by atoms with Gasteiger partial charge in [0, 0.05) is 6.54 Å². The number of benzene rings is 1. The summed E-state index contributed by atoms with van der Waals surface area (Å²) in [6.07, 6.45) is 5.80. The van der Waals surface area contributed by atoms with Gasteiger partial charge in [0.25, 0.3) is 0 Å². The first-order chi connectivity index (χ1) is 9.15. The van der Waals surface area contributed by atoms with Gasteiger partial charge >= 0.3 is 0 Å². The van der Waals surface area contributed by atoms with Crippen LogP contribution < -0.4 is 5.32 Å². The minimum Gasteiger partial charge on any atom is -0.313 e. The third kappa shape index (κ3) is 6.58. The van der Waals surface area contributed by atoms with Gasteiger partial charge in [-0.3, -0.25) is 0 Å². The van der Waals surface area contributed by atoms with Gasteiger partial charge in [-0.05, 0) is 42.9 Å². The summed E-state index contributed by atoms with van der Waals surface area (Å²) in [7, 11) is 0. The van der Waals surface area contributed by atoms with Crippen LogP contribution in [0.1, 0.15) is 51.7 Å². The lowest BCUT2D eigenvalue weighted by Crippen LogP contribution is -2.17. The fourth-order valence-electron chi connectivity index (χ4n) is 2.16. The summed E-state index contributed by atoms with van der Waals surface area (Å²) in [5.74, 6) is 0.728. The monoisotopic (exact) mass is 259 g/mol. The molecule has 19 heavy (non-hydrogen) atoms. The molecule has 106 valence electrons. The third-order valence-corrected chi connectivity index (χ3v) is 3.23. The average Bonchev–Trinajstić information content (AvgIpc) is 2.39. The molecule has 0 unspecified atom stereocenters. The smallest absolute Gasteiger partial charge is 0.0167 e. The van der Waals surface area contributed by atoms with Gasteiger partial charge in [-0.25, -0.2) is 0 Å². The van der Waals surface area contributed by atoms with Crippen LogP contribution >= 0.6 is 0 Å². The molecule has 1 N–H and O–H groups in total. The van der Waals surface area contributed by atoms with Crippen molar-refractivity contribution < 1.29 is 0 Å². The second-order valence-electron chi connectivity index (χ2n) is 5.67. The van der Waals surface area contributed by atoms with E-state index in [1.54, 1.807) is 0 Å². The summed E-state index contributed by atoms with van der Waals surface area (Å²) >= 11 is 0. The van der Waals surface area contributed by atoms with E-state index < -0.39 is 0 Å².